The van der Waals surface area contributed by atoms with Gasteiger partial charge in [0.05, 0.1) is 10.7 Å². The molecule has 6 nitrogen and oxygen atoms in total. The number of halogens is 1. The van der Waals surface area contributed by atoms with E-state index in [0.717, 1.165) is 10.0 Å². The lowest BCUT2D eigenvalue weighted by atomic mass is 10.2. The average Bonchev–Trinajstić information content (AvgIpc) is 3.02. The molecule has 2 aromatic carbocycles. The smallest absolute Gasteiger partial charge is 0.277 e. The molecule has 1 amide bonds. The summed E-state index contributed by atoms with van der Waals surface area (Å²) in [5.41, 5.74) is 3.20. The highest BCUT2D eigenvalue weighted by Crippen LogP contribution is 2.31. The van der Waals surface area contributed by atoms with E-state index in [2.05, 4.69) is 26.5 Å². The number of carbonyl (C=O) groups is 1. The van der Waals surface area contributed by atoms with Crippen LogP contribution < -0.4 is 19.6 Å². The molecule has 0 bridgehead atoms. The van der Waals surface area contributed by atoms with Crippen molar-refractivity contribution in [3.63, 3.8) is 0 Å². The van der Waals surface area contributed by atoms with Gasteiger partial charge >= 0.3 is 0 Å². The number of benzene rings is 2. The van der Waals surface area contributed by atoms with Crippen molar-refractivity contribution in [2.24, 2.45) is 5.10 Å². The van der Waals surface area contributed by atoms with Crippen molar-refractivity contribution >= 4 is 28.1 Å². The maximum absolute atomic E-state index is 11.7. The summed E-state index contributed by atoms with van der Waals surface area (Å²) in [5.74, 6) is 1.62. The summed E-state index contributed by atoms with van der Waals surface area (Å²) in [4.78, 5) is 11.7. The minimum atomic E-state index is -0.349. The Labute approximate surface area is 141 Å². The van der Waals surface area contributed by atoms with E-state index < -0.39 is 0 Å². The van der Waals surface area contributed by atoms with Crippen LogP contribution in [0.3, 0.4) is 0 Å². The van der Waals surface area contributed by atoms with Gasteiger partial charge in [0.15, 0.2) is 18.1 Å². The molecule has 1 aliphatic rings. The van der Waals surface area contributed by atoms with Crippen LogP contribution in [0.4, 0.5) is 0 Å². The van der Waals surface area contributed by atoms with Crippen LogP contribution in [-0.2, 0) is 4.79 Å². The van der Waals surface area contributed by atoms with Gasteiger partial charge in [-0.05, 0) is 51.8 Å². The van der Waals surface area contributed by atoms with Crippen LogP contribution in [0.15, 0.2) is 52.0 Å². The van der Waals surface area contributed by atoms with Gasteiger partial charge in [-0.3, -0.25) is 4.79 Å². The zero-order valence-corrected chi connectivity index (χ0v) is 13.6. The molecule has 1 heterocycles. The van der Waals surface area contributed by atoms with Gasteiger partial charge in [-0.25, -0.2) is 5.43 Å². The Kier molecular flexibility index (Phi) is 4.77. The number of ether oxygens (including phenoxy) is 3. The van der Waals surface area contributed by atoms with Crippen LogP contribution in [0.1, 0.15) is 5.56 Å². The topological polar surface area (TPSA) is 69.2 Å². The number of amides is 1. The van der Waals surface area contributed by atoms with Crippen LogP contribution in [0.25, 0.3) is 0 Å². The van der Waals surface area contributed by atoms with Crippen molar-refractivity contribution in [3.8, 4) is 17.2 Å². The van der Waals surface area contributed by atoms with Crippen LogP contribution in [0.2, 0.25) is 0 Å². The average molecular weight is 377 g/mol. The molecule has 0 fully saturated rings. The zero-order valence-electron chi connectivity index (χ0n) is 12.0. The predicted molar refractivity (Wildman–Crippen MR) is 87.9 cm³/mol. The third-order valence-corrected chi connectivity index (χ3v) is 3.65. The Bertz CT molecular complexity index is 749. The van der Waals surface area contributed by atoms with Crippen molar-refractivity contribution in [1.29, 1.82) is 0 Å². The van der Waals surface area contributed by atoms with Gasteiger partial charge < -0.3 is 14.2 Å². The van der Waals surface area contributed by atoms with E-state index in [1.165, 1.54) is 6.21 Å². The number of para-hydroxylation sites is 1. The maximum atomic E-state index is 11.7. The molecule has 0 aliphatic carbocycles. The first kappa shape index (κ1) is 15.4. The number of hydrazone groups is 1. The van der Waals surface area contributed by atoms with E-state index in [4.69, 9.17) is 14.2 Å². The summed E-state index contributed by atoms with van der Waals surface area (Å²) >= 11 is 3.35. The van der Waals surface area contributed by atoms with Crippen LogP contribution in [0, 0.1) is 0 Å². The summed E-state index contributed by atoms with van der Waals surface area (Å²) in [6, 6.07) is 12.7. The molecule has 23 heavy (non-hydrogen) atoms. The van der Waals surface area contributed by atoms with Gasteiger partial charge in [0.2, 0.25) is 6.79 Å². The fraction of sp³-hybridized carbons (Fsp3) is 0.125. The van der Waals surface area contributed by atoms with Gasteiger partial charge in [0, 0.05) is 0 Å². The number of fused-ring (bicyclic) bond motifs is 1. The minimum absolute atomic E-state index is 0.124. The largest absolute Gasteiger partial charge is 0.483 e. The fourth-order valence-corrected chi connectivity index (χ4v) is 2.31. The third-order valence-electron chi connectivity index (χ3n) is 2.99. The van der Waals surface area contributed by atoms with E-state index >= 15 is 0 Å². The Morgan fingerprint density at radius 1 is 1.26 bits per heavy atom. The molecule has 0 radical (unpaired) electrons. The first-order valence-electron chi connectivity index (χ1n) is 6.81. The van der Waals surface area contributed by atoms with Crippen molar-refractivity contribution in [3.05, 3.63) is 52.5 Å². The van der Waals surface area contributed by atoms with E-state index in [1.54, 1.807) is 18.2 Å². The van der Waals surface area contributed by atoms with E-state index in [1.807, 2.05) is 24.3 Å². The monoisotopic (exact) mass is 376 g/mol. The van der Waals surface area contributed by atoms with Gasteiger partial charge in [-0.15, -0.1) is 0 Å². The van der Waals surface area contributed by atoms with Gasteiger partial charge in [0.1, 0.15) is 5.75 Å². The molecule has 0 spiro atoms. The van der Waals surface area contributed by atoms with Crippen molar-refractivity contribution < 1.29 is 19.0 Å². The molecule has 3 rings (SSSR count). The number of hydrogen-bond acceptors (Lipinski definition) is 5. The maximum Gasteiger partial charge on any atom is 0.277 e. The number of nitrogens with zero attached hydrogens (tertiary/aromatic N) is 1. The van der Waals surface area contributed by atoms with Gasteiger partial charge in [0.25, 0.3) is 5.91 Å². The molecule has 7 heteroatoms. The lowest BCUT2D eigenvalue weighted by Gasteiger charge is -2.06. The van der Waals surface area contributed by atoms with Gasteiger partial charge in [-0.1, -0.05) is 12.1 Å². The molecular weight excluding hydrogens is 364 g/mol. The first-order chi connectivity index (χ1) is 11.2. The molecule has 118 valence electrons. The summed E-state index contributed by atoms with van der Waals surface area (Å²) < 4.78 is 16.7. The summed E-state index contributed by atoms with van der Waals surface area (Å²) in [6.07, 6.45) is 1.53. The predicted octanol–water partition coefficient (Wildman–Crippen LogP) is 2.71. The molecule has 0 saturated carbocycles. The van der Waals surface area contributed by atoms with Crippen molar-refractivity contribution in [1.82, 2.24) is 5.43 Å². The Morgan fingerprint density at radius 3 is 2.96 bits per heavy atom. The van der Waals surface area contributed by atoms with Crippen molar-refractivity contribution in [2.75, 3.05) is 13.4 Å². The van der Waals surface area contributed by atoms with E-state index in [-0.39, 0.29) is 19.3 Å². The standard InChI is InChI=1S/C16H13BrN2O4/c17-12-3-1-2-4-13(12)21-9-16(20)19-18-8-11-5-6-14-15(7-11)23-10-22-14/h1-8H,9-10H2,(H,19,20). The molecule has 1 aliphatic heterocycles. The zero-order chi connectivity index (χ0) is 16.1. The number of rotatable bonds is 5. The molecular formula is C16H13BrN2O4. The van der Waals surface area contributed by atoms with Crippen molar-refractivity contribution in [2.45, 2.75) is 0 Å². The number of nitrogens with one attached hydrogen (secondary N) is 1. The minimum Gasteiger partial charge on any atom is -0.483 e. The molecule has 2 aromatic rings. The van der Waals surface area contributed by atoms with E-state index in [0.29, 0.717) is 17.2 Å². The lowest BCUT2D eigenvalue weighted by Crippen LogP contribution is -2.24. The summed E-state index contributed by atoms with van der Waals surface area (Å²) in [6.45, 7) is 0.0974. The Morgan fingerprint density at radius 2 is 2.09 bits per heavy atom. The second-order valence-electron chi connectivity index (χ2n) is 4.62. The summed E-state index contributed by atoms with van der Waals surface area (Å²) in [5, 5.41) is 3.89. The fourth-order valence-electron chi connectivity index (χ4n) is 1.91. The first-order valence-corrected chi connectivity index (χ1v) is 7.60. The summed E-state index contributed by atoms with van der Waals surface area (Å²) in [7, 11) is 0. The van der Waals surface area contributed by atoms with Crippen LogP contribution in [0.5, 0.6) is 17.2 Å². The third kappa shape index (κ3) is 4.01. The quantitative estimate of drug-likeness (QED) is 0.643. The van der Waals surface area contributed by atoms with Crippen LogP contribution in [-0.4, -0.2) is 25.5 Å². The van der Waals surface area contributed by atoms with Gasteiger partial charge in [-0.2, -0.15) is 5.10 Å². The van der Waals surface area contributed by atoms with E-state index in [9.17, 15) is 4.79 Å². The molecule has 0 aromatic heterocycles. The second kappa shape index (κ2) is 7.15. The SMILES string of the molecule is O=C(COc1ccccc1Br)NN=Cc1ccc2c(c1)OCO2. The number of hydrogen-bond donors (Lipinski definition) is 1. The van der Waals surface area contributed by atoms with Crippen LogP contribution >= 0.6 is 15.9 Å². The Hall–Kier alpha value is -2.54. The molecule has 0 unspecified atom stereocenters. The molecule has 1 N–H and O–H groups in total. The number of carbonyl (C=O) groups excluding carboxylic acids is 1. The molecule has 0 saturated heterocycles. The molecule has 0 atom stereocenters. The highest BCUT2D eigenvalue weighted by molar-refractivity contribution is 9.10. The second-order valence-corrected chi connectivity index (χ2v) is 5.48. The lowest BCUT2D eigenvalue weighted by molar-refractivity contribution is -0.123. The highest BCUT2D eigenvalue weighted by Gasteiger charge is 2.12. The Balaban J connectivity index is 1.50. The highest BCUT2D eigenvalue weighted by atomic mass is 79.9. The normalized spacial score (nSPS) is 12.4.